The molecule has 0 amide bonds. The molecule has 0 unspecified atom stereocenters. The van der Waals surface area contributed by atoms with Crippen molar-refractivity contribution in [2.75, 3.05) is 6.54 Å². The molecule has 0 fully saturated rings. The number of benzene rings is 1. The lowest BCUT2D eigenvalue weighted by Gasteiger charge is -2.06. The maximum Gasteiger partial charge on any atom is 0.117 e. The zero-order valence-electron chi connectivity index (χ0n) is 10.3. The van der Waals surface area contributed by atoms with Crippen LogP contribution in [0.5, 0.6) is 0 Å². The maximum absolute atomic E-state index is 5.25. The molecule has 1 aromatic carbocycles. The molecule has 1 N–H and O–H groups in total. The highest BCUT2D eigenvalue weighted by atomic mass is 16.3. The van der Waals surface area contributed by atoms with Gasteiger partial charge in [-0.1, -0.05) is 24.3 Å². The Morgan fingerprint density at radius 2 is 2.00 bits per heavy atom. The topological polar surface area (TPSA) is 25.2 Å². The van der Waals surface area contributed by atoms with Gasteiger partial charge in [0.15, 0.2) is 0 Å². The molecule has 0 aliphatic heterocycles. The van der Waals surface area contributed by atoms with E-state index in [1.54, 1.807) is 6.26 Å². The van der Waals surface area contributed by atoms with Gasteiger partial charge in [0.25, 0.3) is 0 Å². The molecule has 2 heteroatoms. The van der Waals surface area contributed by atoms with E-state index >= 15 is 0 Å². The van der Waals surface area contributed by atoms with Gasteiger partial charge >= 0.3 is 0 Å². The highest BCUT2D eigenvalue weighted by molar-refractivity contribution is 5.25. The molecule has 0 aliphatic carbocycles. The fraction of sp³-hybridized carbons (Fsp3) is 0.333. The van der Waals surface area contributed by atoms with E-state index in [0.29, 0.717) is 0 Å². The van der Waals surface area contributed by atoms with Crippen LogP contribution < -0.4 is 5.32 Å². The van der Waals surface area contributed by atoms with Crippen LogP contribution >= 0.6 is 0 Å². The molecule has 0 spiro atoms. The van der Waals surface area contributed by atoms with Gasteiger partial charge in [0.1, 0.15) is 5.76 Å². The molecule has 1 aromatic heterocycles. The van der Waals surface area contributed by atoms with Crippen molar-refractivity contribution in [3.8, 4) is 0 Å². The molecule has 17 heavy (non-hydrogen) atoms. The number of rotatable bonds is 6. The minimum absolute atomic E-state index is 0.820. The Bertz CT molecular complexity index is 434. The molecule has 0 atom stereocenters. The average molecular weight is 229 g/mol. The molecule has 2 nitrogen and oxygen atoms in total. The van der Waals surface area contributed by atoms with Crippen LogP contribution in [-0.4, -0.2) is 6.54 Å². The standard InChI is InChI=1S/C15H19NO/c1-13-6-2-3-7-14(13)8-4-10-16-12-15-9-5-11-17-15/h2-3,5-7,9,11,16H,4,8,10,12H2,1H3. The first-order chi connectivity index (χ1) is 8.36. The summed E-state index contributed by atoms with van der Waals surface area (Å²) in [5.74, 6) is 1.00. The van der Waals surface area contributed by atoms with Gasteiger partial charge in [-0.05, 0) is 49.6 Å². The van der Waals surface area contributed by atoms with Gasteiger partial charge in [-0.3, -0.25) is 0 Å². The molecular formula is C15H19NO. The van der Waals surface area contributed by atoms with Crippen LogP contribution in [0, 0.1) is 6.92 Å². The van der Waals surface area contributed by atoms with Crippen molar-refractivity contribution in [2.24, 2.45) is 0 Å². The van der Waals surface area contributed by atoms with Gasteiger partial charge in [0.05, 0.1) is 12.8 Å². The maximum atomic E-state index is 5.25. The van der Waals surface area contributed by atoms with E-state index in [1.807, 2.05) is 12.1 Å². The van der Waals surface area contributed by atoms with E-state index in [2.05, 4.69) is 36.5 Å². The van der Waals surface area contributed by atoms with E-state index in [-0.39, 0.29) is 0 Å². The Hall–Kier alpha value is -1.54. The zero-order chi connectivity index (χ0) is 11.9. The number of nitrogens with one attached hydrogen (secondary N) is 1. The summed E-state index contributed by atoms with van der Waals surface area (Å²) < 4.78 is 5.25. The lowest BCUT2D eigenvalue weighted by Crippen LogP contribution is -2.14. The normalized spacial score (nSPS) is 10.6. The molecule has 2 rings (SSSR count). The van der Waals surface area contributed by atoms with Gasteiger partial charge in [0.2, 0.25) is 0 Å². The largest absolute Gasteiger partial charge is 0.468 e. The average Bonchev–Trinajstić information content (AvgIpc) is 2.84. The summed E-state index contributed by atoms with van der Waals surface area (Å²) in [6, 6.07) is 12.5. The Morgan fingerprint density at radius 1 is 1.12 bits per heavy atom. The lowest BCUT2D eigenvalue weighted by molar-refractivity contribution is 0.481. The highest BCUT2D eigenvalue weighted by Gasteiger charge is 1.97. The second-order valence-electron chi connectivity index (χ2n) is 4.29. The van der Waals surface area contributed by atoms with E-state index in [4.69, 9.17) is 4.42 Å². The first-order valence-electron chi connectivity index (χ1n) is 6.14. The Labute approximate surface area is 103 Å². The summed E-state index contributed by atoms with van der Waals surface area (Å²) in [6.45, 7) is 4.02. The first-order valence-corrected chi connectivity index (χ1v) is 6.14. The van der Waals surface area contributed by atoms with E-state index < -0.39 is 0 Å². The molecule has 0 saturated heterocycles. The minimum atomic E-state index is 0.820. The van der Waals surface area contributed by atoms with Crippen LogP contribution in [0.4, 0.5) is 0 Å². The summed E-state index contributed by atoms with van der Waals surface area (Å²) >= 11 is 0. The van der Waals surface area contributed by atoms with Crippen LogP contribution in [0.2, 0.25) is 0 Å². The fourth-order valence-corrected chi connectivity index (χ4v) is 1.92. The predicted octanol–water partition coefficient (Wildman–Crippen LogP) is 3.31. The monoisotopic (exact) mass is 229 g/mol. The van der Waals surface area contributed by atoms with Gasteiger partial charge in [-0.15, -0.1) is 0 Å². The van der Waals surface area contributed by atoms with Crippen molar-refractivity contribution in [3.63, 3.8) is 0 Å². The quantitative estimate of drug-likeness (QED) is 0.769. The van der Waals surface area contributed by atoms with E-state index in [9.17, 15) is 0 Å². The third-order valence-corrected chi connectivity index (χ3v) is 2.94. The number of hydrogen-bond acceptors (Lipinski definition) is 2. The van der Waals surface area contributed by atoms with Crippen LogP contribution in [0.1, 0.15) is 23.3 Å². The molecule has 0 bridgehead atoms. The Morgan fingerprint density at radius 3 is 2.76 bits per heavy atom. The van der Waals surface area contributed by atoms with Gasteiger partial charge in [-0.25, -0.2) is 0 Å². The minimum Gasteiger partial charge on any atom is -0.468 e. The molecule has 0 radical (unpaired) electrons. The van der Waals surface area contributed by atoms with Crippen LogP contribution in [0.15, 0.2) is 47.1 Å². The Balaban J connectivity index is 1.65. The third-order valence-electron chi connectivity index (χ3n) is 2.94. The predicted molar refractivity (Wildman–Crippen MR) is 69.9 cm³/mol. The van der Waals surface area contributed by atoms with Crippen molar-refractivity contribution < 1.29 is 4.42 Å². The number of furan rings is 1. The zero-order valence-corrected chi connectivity index (χ0v) is 10.3. The van der Waals surface area contributed by atoms with Gasteiger partial charge in [-0.2, -0.15) is 0 Å². The summed E-state index contributed by atoms with van der Waals surface area (Å²) in [7, 11) is 0. The lowest BCUT2D eigenvalue weighted by atomic mass is 10.0. The SMILES string of the molecule is Cc1ccccc1CCCNCc1ccco1. The molecule has 90 valence electrons. The molecule has 2 aromatic rings. The highest BCUT2D eigenvalue weighted by Crippen LogP contribution is 2.09. The molecule has 1 heterocycles. The summed E-state index contributed by atoms with van der Waals surface area (Å²) in [4.78, 5) is 0. The third kappa shape index (κ3) is 3.75. The van der Waals surface area contributed by atoms with E-state index in [0.717, 1.165) is 31.7 Å². The second-order valence-corrected chi connectivity index (χ2v) is 4.29. The van der Waals surface area contributed by atoms with E-state index in [1.165, 1.54) is 11.1 Å². The molecular weight excluding hydrogens is 210 g/mol. The van der Waals surface area contributed by atoms with Gasteiger partial charge in [0, 0.05) is 0 Å². The van der Waals surface area contributed by atoms with Crippen molar-refractivity contribution in [3.05, 3.63) is 59.5 Å². The van der Waals surface area contributed by atoms with Crippen LogP contribution in [-0.2, 0) is 13.0 Å². The van der Waals surface area contributed by atoms with Crippen LogP contribution in [0.3, 0.4) is 0 Å². The molecule has 0 aliphatic rings. The van der Waals surface area contributed by atoms with Crippen molar-refractivity contribution >= 4 is 0 Å². The Kier molecular flexibility index (Phi) is 4.39. The van der Waals surface area contributed by atoms with Gasteiger partial charge < -0.3 is 9.73 Å². The smallest absolute Gasteiger partial charge is 0.117 e. The second kappa shape index (κ2) is 6.26. The summed E-state index contributed by atoms with van der Waals surface area (Å²) in [5.41, 5.74) is 2.84. The summed E-state index contributed by atoms with van der Waals surface area (Å²) in [5, 5.41) is 3.38. The summed E-state index contributed by atoms with van der Waals surface area (Å²) in [6.07, 6.45) is 4.01. The number of aryl methyl sites for hydroxylation is 2. The van der Waals surface area contributed by atoms with Crippen LogP contribution in [0.25, 0.3) is 0 Å². The van der Waals surface area contributed by atoms with Crippen molar-refractivity contribution in [2.45, 2.75) is 26.3 Å². The fourth-order valence-electron chi connectivity index (χ4n) is 1.92. The first kappa shape index (κ1) is 11.9. The number of hydrogen-bond donors (Lipinski definition) is 1. The van der Waals surface area contributed by atoms with Crippen molar-refractivity contribution in [1.29, 1.82) is 0 Å². The van der Waals surface area contributed by atoms with Crippen molar-refractivity contribution in [1.82, 2.24) is 5.32 Å². The molecule has 0 saturated carbocycles.